The van der Waals surface area contributed by atoms with E-state index < -0.39 is 0 Å². The maximum atomic E-state index is 13.7. The van der Waals surface area contributed by atoms with Crippen LogP contribution in [0.2, 0.25) is 0 Å². The summed E-state index contributed by atoms with van der Waals surface area (Å²) in [5.41, 5.74) is 0.855. The molecular weight excluding hydrogens is 346 g/mol. The van der Waals surface area contributed by atoms with Crippen molar-refractivity contribution in [3.8, 4) is 5.75 Å². The van der Waals surface area contributed by atoms with Gasteiger partial charge in [-0.25, -0.2) is 4.39 Å². The van der Waals surface area contributed by atoms with E-state index in [1.807, 2.05) is 13.0 Å². The van der Waals surface area contributed by atoms with Gasteiger partial charge in [-0.1, -0.05) is 12.1 Å². The molecule has 115 valence electrons. The Morgan fingerprint density at radius 1 is 1.24 bits per heavy atom. The fraction of sp³-hybridized carbons (Fsp3) is 0.625. The van der Waals surface area contributed by atoms with Gasteiger partial charge in [-0.3, -0.25) is 0 Å². The molecular formula is C16H25FNO2Y+. The summed E-state index contributed by atoms with van der Waals surface area (Å²) in [6.07, 6.45) is 2.16. The van der Waals surface area contributed by atoms with Crippen molar-refractivity contribution in [1.29, 1.82) is 0 Å². The topological polar surface area (TPSA) is 18.5 Å². The van der Waals surface area contributed by atoms with Gasteiger partial charge in [0.15, 0.2) is 11.6 Å². The van der Waals surface area contributed by atoms with Crippen molar-refractivity contribution in [2.75, 3.05) is 46.5 Å². The molecule has 0 saturated carbocycles. The Morgan fingerprint density at radius 2 is 1.90 bits per heavy atom. The molecule has 0 spiro atoms. The summed E-state index contributed by atoms with van der Waals surface area (Å²) in [6.45, 7) is 7.23. The molecule has 0 amide bonds. The van der Waals surface area contributed by atoms with Crippen LogP contribution in [0.5, 0.6) is 5.75 Å². The minimum absolute atomic E-state index is 0. The van der Waals surface area contributed by atoms with Crippen molar-refractivity contribution in [3.63, 3.8) is 0 Å². The number of rotatable bonds is 4. The smallest absolute Gasteiger partial charge is 0.165 e. The number of aryl methyl sites for hydroxylation is 1. The summed E-state index contributed by atoms with van der Waals surface area (Å²) in [6, 6.07) is 5.04. The molecule has 0 aromatic heterocycles. The molecule has 2 rings (SSSR count). The van der Waals surface area contributed by atoms with Crippen LogP contribution in [0.15, 0.2) is 18.2 Å². The number of halogens is 1. The van der Waals surface area contributed by atoms with E-state index in [9.17, 15) is 4.39 Å². The van der Waals surface area contributed by atoms with Crippen molar-refractivity contribution >= 4 is 0 Å². The molecule has 1 aliphatic heterocycles. The third kappa shape index (κ3) is 5.93. The number of hydrogen-bond donors (Lipinski definition) is 0. The quantitative estimate of drug-likeness (QED) is 0.758. The van der Waals surface area contributed by atoms with Crippen LogP contribution in [-0.2, 0) is 37.4 Å². The van der Waals surface area contributed by atoms with Crippen LogP contribution in [0, 0.1) is 12.7 Å². The van der Waals surface area contributed by atoms with Gasteiger partial charge in [-0.2, -0.15) is 0 Å². The van der Waals surface area contributed by atoms with Gasteiger partial charge in [0, 0.05) is 45.6 Å². The number of benzene rings is 1. The van der Waals surface area contributed by atoms with Crippen molar-refractivity contribution in [2.24, 2.45) is 0 Å². The number of ether oxygens (including phenoxy) is 2. The molecule has 1 saturated heterocycles. The van der Waals surface area contributed by atoms with E-state index in [1.54, 1.807) is 6.07 Å². The number of nitrogens with zero attached hydrogens (tertiary/aromatic N) is 1. The molecule has 1 heterocycles. The van der Waals surface area contributed by atoms with Gasteiger partial charge in [0.1, 0.15) is 13.2 Å². The van der Waals surface area contributed by atoms with Crippen LogP contribution >= 0.6 is 0 Å². The molecule has 1 aliphatic rings. The van der Waals surface area contributed by atoms with Gasteiger partial charge in [-0.15, -0.1) is 0 Å². The van der Waals surface area contributed by atoms with E-state index in [1.165, 1.54) is 6.07 Å². The van der Waals surface area contributed by atoms with Crippen LogP contribution in [0.25, 0.3) is 0 Å². The standard InChI is InChI=1S/C16H25FNO2.Y/c1-14-6-3-7-15(17)16(14)20-13-10-18(2)8-4-11-19-12-5-9-18;/h3,6-7H,4-5,8-13H2,1-2H3;/q+1;. The van der Waals surface area contributed by atoms with Crippen molar-refractivity contribution < 1.29 is 51.1 Å². The maximum absolute atomic E-state index is 13.7. The van der Waals surface area contributed by atoms with Crippen LogP contribution in [0.3, 0.4) is 0 Å². The molecule has 0 atom stereocenters. The first kappa shape index (κ1) is 19.0. The molecule has 1 aromatic carbocycles. The first-order valence-corrected chi connectivity index (χ1v) is 7.40. The average molecular weight is 371 g/mol. The van der Waals surface area contributed by atoms with Crippen LogP contribution in [0.1, 0.15) is 18.4 Å². The number of likely N-dealkylation sites (N-methyl/N-ethyl adjacent to an activating group) is 1. The van der Waals surface area contributed by atoms with E-state index in [2.05, 4.69) is 7.05 Å². The zero-order chi connectivity index (χ0) is 14.4. The largest absolute Gasteiger partial charge is 0.484 e. The van der Waals surface area contributed by atoms with Gasteiger partial charge < -0.3 is 14.0 Å². The maximum Gasteiger partial charge on any atom is 0.165 e. The summed E-state index contributed by atoms with van der Waals surface area (Å²) >= 11 is 0. The normalized spacial score (nSPS) is 18.2. The Morgan fingerprint density at radius 3 is 2.52 bits per heavy atom. The second kappa shape index (κ2) is 9.19. The predicted molar refractivity (Wildman–Crippen MR) is 77.5 cm³/mol. The summed E-state index contributed by atoms with van der Waals surface area (Å²) in [5.74, 6) is 0.128. The Hall–Kier alpha value is -0.0261. The third-order valence-corrected chi connectivity index (χ3v) is 4.01. The second-order valence-electron chi connectivity index (χ2n) is 5.84. The van der Waals surface area contributed by atoms with Crippen molar-refractivity contribution in [2.45, 2.75) is 19.8 Å². The van der Waals surface area contributed by atoms with E-state index >= 15 is 0 Å². The monoisotopic (exact) mass is 371 g/mol. The van der Waals surface area contributed by atoms with Gasteiger partial charge in [0.25, 0.3) is 0 Å². The fourth-order valence-corrected chi connectivity index (χ4v) is 2.70. The molecule has 0 unspecified atom stereocenters. The van der Waals surface area contributed by atoms with Crippen LogP contribution in [0.4, 0.5) is 4.39 Å². The van der Waals surface area contributed by atoms with E-state index in [0.717, 1.165) is 55.7 Å². The summed E-state index contributed by atoms with van der Waals surface area (Å²) < 4.78 is 25.8. The third-order valence-electron chi connectivity index (χ3n) is 4.01. The molecule has 0 aliphatic carbocycles. The average Bonchev–Trinajstić information content (AvgIpc) is 2.38. The van der Waals surface area contributed by atoms with E-state index in [4.69, 9.17) is 9.47 Å². The van der Waals surface area contributed by atoms with Crippen molar-refractivity contribution in [3.05, 3.63) is 29.6 Å². The molecule has 1 radical (unpaired) electrons. The van der Waals surface area contributed by atoms with Crippen molar-refractivity contribution in [1.82, 2.24) is 0 Å². The van der Waals surface area contributed by atoms with Gasteiger partial charge in [-0.05, 0) is 18.6 Å². The van der Waals surface area contributed by atoms with Gasteiger partial charge in [0.2, 0.25) is 0 Å². The molecule has 3 nitrogen and oxygen atoms in total. The first-order chi connectivity index (χ1) is 9.61. The Bertz CT molecular complexity index is 414. The summed E-state index contributed by atoms with van der Waals surface area (Å²) in [7, 11) is 2.25. The van der Waals surface area contributed by atoms with Gasteiger partial charge in [0.05, 0.1) is 33.4 Å². The molecule has 5 heteroatoms. The summed E-state index contributed by atoms with van der Waals surface area (Å²) in [5, 5.41) is 0. The second-order valence-corrected chi connectivity index (χ2v) is 5.84. The minimum atomic E-state index is -0.270. The molecule has 0 N–H and O–H groups in total. The molecule has 21 heavy (non-hydrogen) atoms. The Balaban J connectivity index is 0.00000220. The van der Waals surface area contributed by atoms with Crippen LogP contribution < -0.4 is 4.74 Å². The van der Waals surface area contributed by atoms with E-state index in [-0.39, 0.29) is 38.5 Å². The zero-order valence-corrected chi connectivity index (χ0v) is 15.9. The van der Waals surface area contributed by atoms with E-state index in [0.29, 0.717) is 12.4 Å². The Kier molecular flexibility index (Phi) is 8.32. The number of para-hydroxylation sites is 1. The summed E-state index contributed by atoms with van der Waals surface area (Å²) in [4.78, 5) is 0. The fourth-order valence-electron chi connectivity index (χ4n) is 2.70. The first-order valence-electron chi connectivity index (χ1n) is 7.40. The SMILES string of the molecule is Cc1cccc(F)c1OCC[N+]1(C)CCCOCCC1.[Y]. The van der Waals surface area contributed by atoms with Crippen LogP contribution in [-0.4, -0.2) is 51.0 Å². The predicted octanol–water partition coefficient (Wildman–Crippen LogP) is 2.77. The molecule has 1 aromatic rings. The molecule has 1 fully saturated rings. The Labute approximate surface area is 152 Å². The number of quaternary nitrogens is 1. The number of hydrogen-bond acceptors (Lipinski definition) is 2. The minimum Gasteiger partial charge on any atom is -0.484 e. The molecule has 0 bridgehead atoms. The van der Waals surface area contributed by atoms with Gasteiger partial charge >= 0.3 is 0 Å². The zero-order valence-electron chi connectivity index (χ0n) is 13.1.